The van der Waals surface area contributed by atoms with Crippen LogP contribution < -0.4 is 15.6 Å². The third-order valence-corrected chi connectivity index (χ3v) is 4.61. The molecule has 1 heterocycles. The maximum absolute atomic E-state index is 12.5. The average molecular weight is 350 g/mol. The molecular formula is C21H22N2O3. The summed E-state index contributed by atoms with van der Waals surface area (Å²) in [5.41, 5.74) is 4.24. The van der Waals surface area contributed by atoms with Gasteiger partial charge in [0.2, 0.25) is 5.91 Å². The first-order chi connectivity index (χ1) is 12.4. The maximum Gasteiger partial charge on any atom is 0.251 e. The first kappa shape index (κ1) is 17.7. The van der Waals surface area contributed by atoms with Crippen LogP contribution in [0.1, 0.15) is 16.7 Å². The molecule has 1 aromatic heterocycles. The fraction of sp³-hybridized carbons (Fsp3) is 0.238. The molecular weight excluding hydrogens is 328 g/mol. The van der Waals surface area contributed by atoms with E-state index < -0.39 is 0 Å². The molecule has 1 amide bonds. The Morgan fingerprint density at radius 1 is 1.04 bits per heavy atom. The lowest BCUT2D eigenvalue weighted by Crippen LogP contribution is -2.28. The van der Waals surface area contributed by atoms with Crippen molar-refractivity contribution in [2.45, 2.75) is 27.3 Å². The highest BCUT2D eigenvalue weighted by Crippen LogP contribution is 2.26. The molecule has 5 heteroatoms. The van der Waals surface area contributed by atoms with E-state index in [1.165, 1.54) is 4.57 Å². The summed E-state index contributed by atoms with van der Waals surface area (Å²) in [6.07, 6.45) is 0. The highest BCUT2D eigenvalue weighted by molar-refractivity contribution is 5.93. The van der Waals surface area contributed by atoms with E-state index in [0.717, 1.165) is 27.8 Å². The van der Waals surface area contributed by atoms with Crippen molar-refractivity contribution in [3.05, 3.63) is 69.5 Å². The summed E-state index contributed by atoms with van der Waals surface area (Å²) in [6, 6.07) is 12.9. The second-order valence-electron chi connectivity index (χ2n) is 6.46. The summed E-state index contributed by atoms with van der Waals surface area (Å²) in [5, 5.41) is 3.75. The van der Waals surface area contributed by atoms with E-state index in [1.807, 2.05) is 51.1 Å². The average Bonchev–Trinajstić information content (AvgIpc) is 2.61. The van der Waals surface area contributed by atoms with Crippen LogP contribution >= 0.6 is 0 Å². The topological polar surface area (TPSA) is 60.3 Å². The number of nitrogens with one attached hydrogen (secondary N) is 1. The molecule has 0 aliphatic rings. The van der Waals surface area contributed by atoms with Crippen molar-refractivity contribution in [1.82, 2.24) is 4.57 Å². The van der Waals surface area contributed by atoms with Gasteiger partial charge in [-0.1, -0.05) is 18.2 Å². The van der Waals surface area contributed by atoms with Gasteiger partial charge < -0.3 is 10.1 Å². The third kappa shape index (κ3) is 3.33. The number of pyridine rings is 1. The smallest absolute Gasteiger partial charge is 0.251 e. The largest absolute Gasteiger partial charge is 0.495 e. The molecule has 0 aliphatic carbocycles. The predicted octanol–water partition coefficient (Wildman–Crippen LogP) is 3.57. The van der Waals surface area contributed by atoms with Crippen LogP contribution in [0.25, 0.3) is 10.9 Å². The summed E-state index contributed by atoms with van der Waals surface area (Å²) in [5.74, 6) is 0.314. The molecule has 0 bridgehead atoms. The number of fused-ring (bicyclic) bond motifs is 1. The van der Waals surface area contributed by atoms with Crippen molar-refractivity contribution < 1.29 is 9.53 Å². The van der Waals surface area contributed by atoms with Gasteiger partial charge in [0.15, 0.2) is 0 Å². The number of para-hydroxylation sites is 1. The van der Waals surface area contributed by atoms with Gasteiger partial charge in [-0.15, -0.1) is 0 Å². The quantitative estimate of drug-likeness (QED) is 0.782. The Hall–Kier alpha value is -3.08. The summed E-state index contributed by atoms with van der Waals surface area (Å²) < 4.78 is 6.87. The van der Waals surface area contributed by atoms with Crippen molar-refractivity contribution in [3.63, 3.8) is 0 Å². The number of amides is 1. The van der Waals surface area contributed by atoms with Gasteiger partial charge in [0.05, 0.1) is 12.6 Å². The molecule has 0 aliphatic heterocycles. The number of aromatic nitrogens is 1. The van der Waals surface area contributed by atoms with Crippen molar-refractivity contribution in [2.24, 2.45) is 0 Å². The van der Waals surface area contributed by atoms with Gasteiger partial charge in [-0.05, 0) is 55.7 Å². The second kappa shape index (κ2) is 7.04. The van der Waals surface area contributed by atoms with E-state index in [9.17, 15) is 9.59 Å². The van der Waals surface area contributed by atoms with Gasteiger partial charge >= 0.3 is 0 Å². The van der Waals surface area contributed by atoms with Crippen LogP contribution in [0.2, 0.25) is 0 Å². The molecule has 5 nitrogen and oxygen atoms in total. The molecule has 0 unspecified atom stereocenters. The Morgan fingerprint density at radius 3 is 2.50 bits per heavy atom. The zero-order valence-corrected chi connectivity index (χ0v) is 15.4. The number of rotatable bonds is 4. The number of methoxy groups -OCH3 is 1. The first-order valence-corrected chi connectivity index (χ1v) is 8.45. The van der Waals surface area contributed by atoms with E-state index in [0.29, 0.717) is 11.3 Å². The van der Waals surface area contributed by atoms with Gasteiger partial charge in [0.25, 0.3) is 5.56 Å². The monoisotopic (exact) mass is 350 g/mol. The summed E-state index contributed by atoms with van der Waals surface area (Å²) >= 11 is 0. The van der Waals surface area contributed by atoms with Crippen LogP contribution in [-0.2, 0) is 11.3 Å². The number of ether oxygens (including phenoxy) is 1. The van der Waals surface area contributed by atoms with E-state index in [-0.39, 0.29) is 18.0 Å². The van der Waals surface area contributed by atoms with Crippen LogP contribution in [0.5, 0.6) is 5.75 Å². The zero-order chi connectivity index (χ0) is 18.8. The van der Waals surface area contributed by atoms with Crippen LogP contribution in [-0.4, -0.2) is 17.6 Å². The molecule has 3 rings (SSSR count). The van der Waals surface area contributed by atoms with Gasteiger partial charge in [-0.3, -0.25) is 14.2 Å². The Kier molecular flexibility index (Phi) is 4.80. The molecule has 0 spiro atoms. The van der Waals surface area contributed by atoms with E-state index in [2.05, 4.69) is 5.32 Å². The first-order valence-electron chi connectivity index (χ1n) is 8.45. The minimum Gasteiger partial charge on any atom is -0.495 e. The Labute approximate surface area is 152 Å². The molecule has 0 saturated heterocycles. The van der Waals surface area contributed by atoms with Gasteiger partial charge in [0, 0.05) is 17.1 Å². The number of anilines is 1. The number of nitrogens with zero attached hydrogens (tertiary/aromatic N) is 1. The lowest BCUT2D eigenvalue weighted by molar-refractivity contribution is -0.116. The molecule has 2 aromatic carbocycles. The van der Waals surface area contributed by atoms with Crippen molar-refractivity contribution in [2.75, 3.05) is 12.4 Å². The van der Waals surface area contributed by atoms with Gasteiger partial charge in [-0.2, -0.15) is 0 Å². The van der Waals surface area contributed by atoms with E-state index in [1.54, 1.807) is 19.2 Å². The minimum atomic E-state index is -0.258. The summed E-state index contributed by atoms with van der Waals surface area (Å²) in [6.45, 7) is 5.81. The number of benzene rings is 2. The lowest BCUT2D eigenvalue weighted by Gasteiger charge is -2.15. The molecule has 0 atom stereocenters. The number of carbonyl (C=O) groups excluding carboxylic acids is 1. The predicted molar refractivity (Wildman–Crippen MR) is 104 cm³/mol. The van der Waals surface area contributed by atoms with Gasteiger partial charge in [-0.25, -0.2) is 0 Å². The highest BCUT2D eigenvalue weighted by Gasteiger charge is 2.14. The third-order valence-electron chi connectivity index (χ3n) is 4.61. The standard InChI is InChI=1S/C21H22N2O3/c1-13-8-9-16(10-14(13)2)22-19(24)12-23-20(25)11-15(3)17-6-5-7-18(26-4)21(17)23/h5-11H,12H2,1-4H3,(H,22,24). The van der Waals surface area contributed by atoms with Crippen LogP contribution in [0.4, 0.5) is 5.69 Å². The zero-order valence-electron chi connectivity index (χ0n) is 15.4. The summed E-state index contributed by atoms with van der Waals surface area (Å²) in [7, 11) is 1.56. The number of hydrogen-bond acceptors (Lipinski definition) is 3. The number of hydrogen-bond donors (Lipinski definition) is 1. The molecule has 3 aromatic rings. The SMILES string of the molecule is COc1cccc2c(C)cc(=O)n(CC(=O)Nc3ccc(C)c(C)c3)c12. The molecule has 0 saturated carbocycles. The van der Waals surface area contributed by atoms with Crippen LogP contribution in [0, 0.1) is 20.8 Å². The Bertz CT molecular complexity index is 1050. The van der Waals surface area contributed by atoms with Crippen LogP contribution in [0.15, 0.2) is 47.3 Å². The van der Waals surface area contributed by atoms with Crippen LogP contribution in [0.3, 0.4) is 0 Å². The molecule has 134 valence electrons. The maximum atomic E-state index is 12.5. The van der Waals surface area contributed by atoms with Crippen molar-refractivity contribution >= 4 is 22.5 Å². The van der Waals surface area contributed by atoms with Crippen molar-refractivity contribution in [3.8, 4) is 5.75 Å². The summed E-state index contributed by atoms with van der Waals surface area (Å²) in [4.78, 5) is 25.1. The molecule has 26 heavy (non-hydrogen) atoms. The second-order valence-corrected chi connectivity index (χ2v) is 6.46. The van der Waals surface area contributed by atoms with Crippen molar-refractivity contribution in [1.29, 1.82) is 0 Å². The fourth-order valence-corrected chi connectivity index (χ4v) is 3.06. The highest BCUT2D eigenvalue weighted by atomic mass is 16.5. The lowest BCUT2D eigenvalue weighted by atomic mass is 10.1. The minimum absolute atomic E-state index is 0.0804. The number of aryl methyl sites for hydroxylation is 3. The molecule has 1 N–H and O–H groups in total. The Morgan fingerprint density at radius 2 is 1.81 bits per heavy atom. The van der Waals surface area contributed by atoms with E-state index >= 15 is 0 Å². The Balaban J connectivity index is 1.99. The van der Waals surface area contributed by atoms with Gasteiger partial charge in [0.1, 0.15) is 12.3 Å². The number of carbonyl (C=O) groups is 1. The molecule has 0 radical (unpaired) electrons. The van der Waals surface area contributed by atoms with E-state index in [4.69, 9.17) is 4.74 Å². The normalized spacial score (nSPS) is 10.8. The molecule has 0 fully saturated rings. The fourth-order valence-electron chi connectivity index (χ4n) is 3.06.